The fourth-order valence-electron chi connectivity index (χ4n) is 2.83. The minimum absolute atomic E-state index is 0.0328. The van der Waals surface area contributed by atoms with Crippen LogP contribution in [0.3, 0.4) is 0 Å². The van der Waals surface area contributed by atoms with Gasteiger partial charge in [0.15, 0.2) is 0 Å². The molecular weight excluding hydrogens is 443 g/mol. The van der Waals surface area contributed by atoms with Crippen molar-refractivity contribution in [1.29, 1.82) is 0 Å². The number of hydrogen-bond donors (Lipinski definition) is 2. The summed E-state index contributed by atoms with van der Waals surface area (Å²) in [6.45, 7) is -2.87. The quantitative estimate of drug-likeness (QED) is 0.455. The Labute approximate surface area is 179 Å². The van der Waals surface area contributed by atoms with Crippen molar-refractivity contribution in [2.75, 3.05) is 11.9 Å². The van der Waals surface area contributed by atoms with Crippen LogP contribution in [0.5, 0.6) is 5.75 Å². The second-order valence-electron chi connectivity index (χ2n) is 6.38. The van der Waals surface area contributed by atoms with E-state index < -0.39 is 29.4 Å². The molecule has 1 aromatic heterocycles. The second kappa shape index (κ2) is 9.44. The zero-order valence-electron chi connectivity index (χ0n) is 15.7. The van der Waals surface area contributed by atoms with Crippen LogP contribution in [0.1, 0.15) is 17.2 Å². The summed E-state index contributed by atoms with van der Waals surface area (Å²) in [5.41, 5.74) is 6.22. The molecular formula is C20H16ClF5N4O. The van der Waals surface area contributed by atoms with Gasteiger partial charge in [0.2, 0.25) is 0 Å². The molecule has 0 radical (unpaired) electrons. The van der Waals surface area contributed by atoms with Gasteiger partial charge in [-0.15, -0.1) is 0 Å². The highest BCUT2D eigenvalue weighted by Crippen LogP contribution is 2.36. The van der Waals surface area contributed by atoms with Gasteiger partial charge in [-0.2, -0.15) is 22.0 Å². The Bertz CT molecular complexity index is 1050. The molecule has 2 aromatic carbocycles. The molecule has 3 N–H and O–H groups in total. The van der Waals surface area contributed by atoms with Crippen molar-refractivity contribution in [2.24, 2.45) is 5.73 Å². The molecule has 0 bridgehead atoms. The first-order chi connectivity index (χ1) is 14.6. The lowest BCUT2D eigenvalue weighted by molar-refractivity contribution is -0.137. The van der Waals surface area contributed by atoms with E-state index in [1.165, 1.54) is 30.6 Å². The summed E-state index contributed by atoms with van der Waals surface area (Å²) in [6.07, 6.45) is -3.34. The van der Waals surface area contributed by atoms with E-state index in [1.54, 1.807) is 18.2 Å². The lowest BCUT2D eigenvalue weighted by Crippen LogP contribution is -2.22. The molecule has 0 aliphatic carbocycles. The van der Waals surface area contributed by atoms with E-state index in [0.717, 1.165) is 6.07 Å². The molecule has 3 rings (SSSR count). The van der Waals surface area contributed by atoms with Crippen LogP contribution in [0.25, 0.3) is 11.3 Å². The van der Waals surface area contributed by atoms with E-state index in [4.69, 9.17) is 17.3 Å². The van der Waals surface area contributed by atoms with E-state index >= 15 is 0 Å². The Kier molecular flexibility index (Phi) is 6.91. The normalized spacial score (nSPS) is 12.6. The standard InChI is InChI=1S/C20H16ClF5N4O/c21-14-7-11(5-6-13(14)20(24,25)26)16-8-18(30-10-29-16)28-9-15(27)12-3-1-2-4-17(12)31-19(22)23/h1-8,10,15,19H,9,27H2,(H,28,29,30). The number of nitrogens with one attached hydrogen (secondary N) is 1. The van der Waals surface area contributed by atoms with Crippen molar-refractivity contribution in [3.63, 3.8) is 0 Å². The van der Waals surface area contributed by atoms with Gasteiger partial charge < -0.3 is 15.8 Å². The molecule has 0 saturated carbocycles. The van der Waals surface area contributed by atoms with E-state index in [2.05, 4.69) is 20.0 Å². The number of rotatable bonds is 7. The van der Waals surface area contributed by atoms with Gasteiger partial charge in [-0.25, -0.2) is 9.97 Å². The molecule has 1 heterocycles. The third-order valence-corrected chi connectivity index (χ3v) is 4.59. The second-order valence-corrected chi connectivity index (χ2v) is 6.79. The van der Waals surface area contributed by atoms with Crippen LogP contribution < -0.4 is 15.8 Å². The fourth-order valence-corrected chi connectivity index (χ4v) is 3.12. The minimum Gasteiger partial charge on any atom is -0.434 e. The van der Waals surface area contributed by atoms with E-state index in [-0.39, 0.29) is 12.3 Å². The molecule has 1 atom stereocenters. The minimum atomic E-state index is -4.56. The number of halogens is 6. The number of alkyl halides is 5. The number of anilines is 1. The predicted octanol–water partition coefficient (Wildman–Crippen LogP) is 5.53. The van der Waals surface area contributed by atoms with E-state index in [9.17, 15) is 22.0 Å². The Morgan fingerprint density at radius 1 is 1.06 bits per heavy atom. The van der Waals surface area contributed by atoms with Crippen LogP contribution in [-0.4, -0.2) is 23.1 Å². The van der Waals surface area contributed by atoms with Gasteiger partial charge in [-0.1, -0.05) is 35.9 Å². The van der Waals surface area contributed by atoms with Crippen molar-refractivity contribution in [2.45, 2.75) is 18.8 Å². The molecule has 11 heteroatoms. The molecule has 31 heavy (non-hydrogen) atoms. The maximum Gasteiger partial charge on any atom is 0.417 e. The zero-order chi connectivity index (χ0) is 22.6. The third-order valence-electron chi connectivity index (χ3n) is 4.27. The molecule has 3 aromatic rings. The van der Waals surface area contributed by atoms with Crippen molar-refractivity contribution >= 4 is 17.4 Å². The van der Waals surface area contributed by atoms with Gasteiger partial charge in [-0.05, 0) is 18.2 Å². The number of nitrogens with zero attached hydrogens (tertiary/aromatic N) is 2. The van der Waals surface area contributed by atoms with Crippen LogP contribution in [0.15, 0.2) is 54.9 Å². The van der Waals surface area contributed by atoms with Crippen LogP contribution in [0.2, 0.25) is 5.02 Å². The summed E-state index contributed by atoms with van der Waals surface area (Å²) in [6, 6.07) is 10.3. The average Bonchev–Trinajstić information content (AvgIpc) is 2.71. The topological polar surface area (TPSA) is 73.1 Å². The van der Waals surface area contributed by atoms with Crippen molar-refractivity contribution in [3.05, 3.63) is 71.0 Å². The first-order valence-electron chi connectivity index (χ1n) is 8.87. The summed E-state index contributed by atoms with van der Waals surface area (Å²) < 4.78 is 68.3. The summed E-state index contributed by atoms with van der Waals surface area (Å²) in [5, 5.41) is 2.50. The largest absolute Gasteiger partial charge is 0.434 e. The summed E-state index contributed by atoms with van der Waals surface area (Å²) in [5.74, 6) is 0.304. The predicted molar refractivity (Wildman–Crippen MR) is 106 cm³/mol. The smallest absolute Gasteiger partial charge is 0.417 e. The average molecular weight is 459 g/mol. The summed E-state index contributed by atoms with van der Waals surface area (Å²) >= 11 is 5.76. The molecule has 0 aliphatic rings. The Morgan fingerprint density at radius 3 is 2.48 bits per heavy atom. The Morgan fingerprint density at radius 2 is 1.81 bits per heavy atom. The molecule has 164 valence electrons. The number of benzene rings is 2. The molecule has 1 unspecified atom stereocenters. The number of aromatic nitrogens is 2. The van der Waals surface area contributed by atoms with Crippen LogP contribution in [-0.2, 0) is 6.18 Å². The first-order valence-corrected chi connectivity index (χ1v) is 9.25. The number of hydrogen-bond acceptors (Lipinski definition) is 5. The summed E-state index contributed by atoms with van der Waals surface area (Å²) in [4.78, 5) is 8.09. The first kappa shape index (κ1) is 22.7. The number of ether oxygens (including phenoxy) is 1. The SMILES string of the molecule is NC(CNc1cc(-c2ccc(C(F)(F)F)c(Cl)c2)ncn1)c1ccccc1OC(F)F. The lowest BCUT2D eigenvalue weighted by atomic mass is 10.1. The monoisotopic (exact) mass is 458 g/mol. The van der Waals surface area contributed by atoms with Gasteiger partial charge >= 0.3 is 12.8 Å². The van der Waals surface area contributed by atoms with Crippen molar-refractivity contribution in [1.82, 2.24) is 9.97 Å². The van der Waals surface area contributed by atoms with Gasteiger partial charge in [0, 0.05) is 23.7 Å². The van der Waals surface area contributed by atoms with Crippen LogP contribution >= 0.6 is 11.6 Å². The number of nitrogens with two attached hydrogens (primary N) is 1. The maximum absolute atomic E-state index is 12.9. The highest BCUT2D eigenvalue weighted by atomic mass is 35.5. The van der Waals surface area contributed by atoms with Crippen LogP contribution in [0, 0.1) is 0 Å². The van der Waals surface area contributed by atoms with E-state index in [0.29, 0.717) is 22.6 Å². The third kappa shape index (κ3) is 5.80. The zero-order valence-corrected chi connectivity index (χ0v) is 16.5. The van der Waals surface area contributed by atoms with Crippen molar-refractivity contribution < 1.29 is 26.7 Å². The maximum atomic E-state index is 12.9. The summed E-state index contributed by atoms with van der Waals surface area (Å²) in [7, 11) is 0. The van der Waals surface area contributed by atoms with Crippen LogP contribution in [0.4, 0.5) is 27.8 Å². The number of para-hydroxylation sites is 1. The molecule has 0 aliphatic heterocycles. The molecule has 0 amide bonds. The van der Waals surface area contributed by atoms with Gasteiger partial charge in [0.25, 0.3) is 0 Å². The van der Waals surface area contributed by atoms with Gasteiger partial charge in [0.05, 0.1) is 22.3 Å². The van der Waals surface area contributed by atoms with E-state index in [1.807, 2.05) is 0 Å². The molecule has 0 spiro atoms. The molecule has 0 saturated heterocycles. The Hall–Kier alpha value is -2.98. The highest BCUT2D eigenvalue weighted by molar-refractivity contribution is 6.31. The highest BCUT2D eigenvalue weighted by Gasteiger charge is 2.33. The molecule has 5 nitrogen and oxygen atoms in total. The van der Waals surface area contributed by atoms with Crippen molar-refractivity contribution in [3.8, 4) is 17.0 Å². The lowest BCUT2D eigenvalue weighted by Gasteiger charge is -2.17. The fraction of sp³-hybridized carbons (Fsp3) is 0.200. The molecule has 0 fully saturated rings. The van der Waals surface area contributed by atoms with Gasteiger partial charge in [-0.3, -0.25) is 0 Å². The Balaban J connectivity index is 1.74. The van der Waals surface area contributed by atoms with Gasteiger partial charge in [0.1, 0.15) is 17.9 Å².